The maximum atomic E-state index is 13.1. The zero-order valence-corrected chi connectivity index (χ0v) is 18.6. The summed E-state index contributed by atoms with van der Waals surface area (Å²) in [5, 5.41) is 13.3. The molecule has 2 unspecified atom stereocenters. The van der Waals surface area contributed by atoms with Crippen molar-refractivity contribution >= 4 is 18.0 Å². The highest BCUT2D eigenvalue weighted by atomic mass is 19.4. The number of carbonyl (C=O) groups excluding carboxylic acids is 2. The van der Waals surface area contributed by atoms with Crippen LogP contribution in [0.2, 0.25) is 0 Å². The SMILES string of the molecule is CCC(C)(NC(=O)C(CC(F)(F)F)NC(=O)OCC1c2ccccc2-c2ccccc21)C(=O)O. The van der Waals surface area contributed by atoms with Crippen molar-refractivity contribution in [3.8, 4) is 11.1 Å². The van der Waals surface area contributed by atoms with E-state index in [4.69, 9.17) is 4.74 Å². The smallest absolute Gasteiger partial charge is 0.407 e. The lowest BCUT2D eigenvalue weighted by atomic mass is 9.98. The number of amides is 2. The third-order valence-corrected chi connectivity index (χ3v) is 5.97. The molecule has 0 saturated heterocycles. The van der Waals surface area contributed by atoms with Crippen LogP contribution in [0.1, 0.15) is 43.7 Å². The number of ether oxygens (including phenoxy) is 1. The first-order valence-corrected chi connectivity index (χ1v) is 10.7. The molecule has 3 N–H and O–H groups in total. The fourth-order valence-corrected chi connectivity index (χ4v) is 3.88. The van der Waals surface area contributed by atoms with Crippen molar-refractivity contribution in [2.24, 2.45) is 0 Å². The minimum Gasteiger partial charge on any atom is -0.480 e. The summed E-state index contributed by atoms with van der Waals surface area (Å²) in [6.45, 7) is 2.49. The van der Waals surface area contributed by atoms with Gasteiger partial charge in [0, 0.05) is 5.92 Å². The van der Waals surface area contributed by atoms with Crippen LogP contribution >= 0.6 is 0 Å². The molecule has 0 bridgehead atoms. The Kier molecular flexibility index (Phi) is 7.18. The number of carboxylic acid groups (broad SMARTS) is 1. The average molecular weight is 478 g/mol. The molecule has 0 radical (unpaired) electrons. The summed E-state index contributed by atoms with van der Waals surface area (Å²) < 4.78 is 44.4. The first-order valence-electron chi connectivity index (χ1n) is 10.7. The van der Waals surface area contributed by atoms with Gasteiger partial charge in [-0.3, -0.25) is 4.79 Å². The summed E-state index contributed by atoms with van der Waals surface area (Å²) in [6, 6.07) is 13.0. The molecular weight excluding hydrogens is 453 g/mol. The second kappa shape index (κ2) is 9.74. The highest BCUT2D eigenvalue weighted by Gasteiger charge is 2.41. The Bertz CT molecular complexity index is 1040. The number of alkyl halides is 3. The highest BCUT2D eigenvalue weighted by Crippen LogP contribution is 2.44. The van der Waals surface area contributed by atoms with Crippen LogP contribution in [0.4, 0.5) is 18.0 Å². The van der Waals surface area contributed by atoms with Crippen molar-refractivity contribution in [3.63, 3.8) is 0 Å². The predicted octanol–water partition coefficient (Wildman–Crippen LogP) is 4.22. The molecule has 2 atom stereocenters. The van der Waals surface area contributed by atoms with Crippen molar-refractivity contribution in [1.82, 2.24) is 10.6 Å². The number of nitrogens with one attached hydrogen (secondary N) is 2. The molecule has 7 nitrogen and oxygen atoms in total. The Morgan fingerprint density at radius 2 is 1.56 bits per heavy atom. The monoisotopic (exact) mass is 478 g/mol. The van der Waals surface area contributed by atoms with Crippen LogP contribution in [-0.2, 0) is 14.3 Å². The molecule has 34 heavy (non-hydrogen) atoms. The first-order chi connectivity index (χ1) is 15.9. The minimum atomic E-state index is -4.79. The normalized spacial score (nSPS) is 15.4. The third-order valence-electron chi connectivity index (χ3n) is 5.97. The van der Waals surface area contributed by atoms with Gasteiger partial charge in [0.15, 0.2) is 0 Å². The predicted molar refractivity (Wildman–Crippen MR) is 117 cm³/mol. The molecule has 0 saturated carbocycles. The quantitative estimate of drug-likeness (QED) is 0.527. The van der Waals surface area contributed by atoms with Gasteiger partial charge in [0.1, 0.15) is 18.2 Å². The van der Waals surface area contributed by atoms with Gasteiger partial charge in [0.05, 0.1) is 6.42 Å². The molecule has 2 aromatic carbocycles. The highest BCUT2D eigenvalue weighted by molar-refractivity contribution is 5.91. The van der Waals surface area contributed by atoms with E-state index in [1.807, 2.05) is 53.8 Å². The molecule has 1 aliphatic rings. The zero-order chi connectivity index (χ0) is 25.1. The van der Waals surface area contributed by atoms with Crippen LogP contribution in [0, 0.1) is 0 Å². The van der Waals surface area contributed by atoms with E-state index in [0.29, 0.717) is 0 Å². The second-order valence-electron chi connectivity index (χ2n) is 8.32. The molecule has 0 fully saturated rings. The van der Waals surface area contributed by atoms with Crippen LogP contribution in [0.5, 0.6) is 0 Å². The number of benzene rings is 2. The van der Waals surface area contributed by atoms with Gasteiger partial charge >= 0.3 is 18.2 Å². The van der Waals surface area contributed by atoms with Gasteiger partial charge in [-0.15, -0.1) is 0 Å². The summed E-state index contributed by atoms with van der Waals surface area (Å²) in [6.07, 6.45) is -7.75. The number of fused-ring (bicyclic) bond motifs is 3. The molecule has 0 spiro atoms. The van der Waals surface area contributed by atoms with E-state index in [1.54, 1.807) is 0 Å². The molecule has 1 aliphatic carbocycles. The Balaban J connectivity index is 1.72. The van der Waals surface area contributed by atoms with E-state index >= 15 is 0 Å². The number of hydrogen-bond acceptors (Lipinski definition) is 4. The number of hydrogen-bond donors (Lipinski definition) is 3. The Morgan fingerprint density at radius 1 is 1.03 bits per heavy atom. The number of carbonyl (C=O) groups is 3. The van der Waals surface area contributed by atoms with Crippen molar-refractivity contribution in [2.75, 3.05) is 6.61 Å². The average Bonchev–Trinajstić information content (AvgIpc) is 3.10. The van der Waals surface area contributed by atoms with Crippen molar-refractivity contribution < 1.29 is 37.4 Å². The Labute approximate surface area is 194 Å². The van der Waals surface area contributed by atoms with Crippen molar-refractivity contribution in [3.05, 3.63) is 59.7 Å². The maximum absolute atomic E-state index is 13.1. The van der Waals surface area contributed by atoms with Crippen LogP contribution in [0.3, 0.4) is 0 Å². The largest absolute Gasteiger partial charge is 0.480 e. The lowest BCUT2D eigenvalue weighted by molar-refractivity contribution is -0.153. The Morgan fingerprint density at radius 3 is 2.03 bits per heavy atom. The summed E-state index contributed by atoms with van der Waals surface area (Å²) in [5.41, 5.74) is 2.01. The summed E-state index contributed by atoms with van der Waals surface area (Å²) in [4.78, 5) is 36.3. The van der Waals surface area contributed by atoms with Crippen LogP contribution < -0.4 is 10.6 Å². The molecule has 0 heterocycles. The third kappa shape index (κ3) is 5.49. The van der Waals surface area contributed by atoms with Crippen LogP contribution in [0.15, 0.2) is 48.5 Å². The van der Waals surface area contributed by atoms with Gasteiger partial charge in [-0.25, -0.2) is 9.59 Å². The molecule has 2 amide bonds. The van der Waals surface area contributed by atoms with Gasteiger partial charge < -0.3 is 20.5 Å². The van der Waals surface area contributed by atoms with Gasteiger partial charge in [0.25, 0.3) is 0 Å². The van der Waals surface area contributed by atoms with Crippen molar-refractivity contribution in [1.29, 1.82) is 0 Å². The van der Waals surface area contributed by atoms with E-state index in [1.165, 1.54) is 13.8 Å². The molecular formula is C24H25F3N2O5. The zero-order valence-electron chi connectivity index (χ0n) is 18.6. The second-order valence-corrected chi connectivity index (χ2v) is 8.32. The van der Waals surface area contributed by atoms with E-state index in [0.717, 1.165) is 22.3 Å². The number of halogens is 3. The van der Waals surface area contributed by atoms with Crippen LogP contribution in [-0.4, -0.2) is 47.4 Å². The number of aliphatic carboxylic acids is 1. The number of rotatable bonds is 8. The van der Waals surface area contributed by atoms with Gasteiger partial charge in [-0.05, 0) is 35.6 Å². The standard InChI is InChI=1S/C24H25F3N2O5/c1-3-23(2,21(31)32)29-20(30)19(12-24(25,26)27)28-22(33)34-13-18-16-10-6-4-8-14(16)15-9-5-7-11-17(15)18/h4-11,18-19H,3,12-13H2,1-2H3,(H,28,33)(H,29,30)(H,31,32). The first kappa shape index (κ1) is 25.1. The maximum Gasteiger partial charge on any atom is 0.407 e. The number of carboxylic acids is 1. The van der Waals surface area contributed by atoms with E-state index in [2.05, 4.69) is 5.32 Å². The summed E-state index contributed by atoms with van der Waals surface area (Å²) in [7, 11) is 0. The fourth-order valence-electron chi connectivity index (χ4n) is 3.88. The molecule has 10 heteroatoms. The van der Waals surface area contributed by atoms with Gasteiger partial charge in [-0.1, -0.05) is 55.5 Å². The van der Waals surface area contributed by atoms with E-state index < -0.39 is 42.1 Å². The molecule has 0 aliphatic heterocycles. The number of alkyl carbamates (subject to hydrolysis) is 1. The summed E-state index contributed by atoms with van der Waals surface area (Å²) >= 11 is 0. The lowest BCUT2D eigenvalue weighted by Gasteiger charge is -2.28. The van der Waals surface area contributed by atoms with E-state index in [9.17, 15) is 32.7 Å². The minimum absolute atomic E-state index is 0.0717. The molecule has 182 valence electrons. The van der Waals surface area contributed by atoms with Gasteiger partial charge in [0.2, 0.25) is 5.91 Å². The molecule has 2 aromatic rings. The molecule has 3 rings (SSSR count). The fraction of sp³-hybridized carbons (Fsp3) is 0.375. The summed E-state index contributed by atoms with van der Waals surface area (Å²) in [5.74, 6) is -2.99. The molecule has 0 aromatic heterocycles. The van der Waals surface area contributed by atoms with Crippen LogP contribution in [0.25, 0.3) is 11.1 Å². The lowest BCUT2D eigenvalue weighted by Crippen LogP contribution is -2.58. The Hall–Kier alpha value is -3.56. The topological polar surface area (TPSA) is 105 Å². The van der Waals surface area contributed by atoms with Gasteiger partial charge in [-0.2, -0.15) is 13.2 Å². The van der Waals surface area contributed by atoms with Crippen molar-refractivity contribution in [2.45, 2.75) is 50.4 Å². The van der Waals surface area contributed by atoms with E-state index in [-0.39, 0.29) is 18.9 Å².